The van der Waals surface area contributed by atoms with Crippen LogP contribution >= 0.6 is 23.1 Å². The molecule has 0 spiro atoms. The lowest BCUT2D eigenvalue weighted by atomic mass is 10.2. The maximum atomic E-state index is 12.2. The lowest BCUT2D eigenvalue weighted by Crippen LogP contribution is -2.30. The lowest BCUT2D eigenvalue weighted by molar-refractivity contribution is -0.120. The van der Waals surface area contributed by atoms with Crippen LogP contribution in [0.25, 0.3) is 11.5 Å². The van der Waals surface area contributed by atoms with Gasteiger partial charge in [0.05, 0.1) is 24.0 Å². The summed E-state index contributed by atoms with van der Waals surface area (Å²) >= 11 is 2.85. The molecule has 0 fully saturated rings. The first-order valence-corrected chi connectivity index (χ1v) is 9.95. The Kier molecular flexibility index (Phi) is 6.30. The molecule has 1 atom stereocenters. The largest absolute Gasteiger partial charge is 0.493 e. The van der Waals surface area contributed by atoms with E-state index >= 15 is 0 Å². The minimum absolute atomic E-state index is 0.0714. The highest BCUT2D eigenvalue weighted by atomic mass is 32.2. The van der Waals surface area contributed by atoms with Gasteiger partial charge in [0, 0.05) is 4.88 Å². The van der Waals surface area contributed by atoms with Crippen molar-refractivity contribution in [2.24, 2.45) is 0 Å². The second kappa shape index (κ2) is 8.86. The molecule has 1 N–H and O–H groups in total. The molecule has 3 aromatic rings. The number of benzene rings is 1. The summed E-state index contributed by atoms with van der Waals surface area (Å²) < 4.78 is 11.3. The van der Waals surface area contributed by atoms with E-state index in [4.69, 9.17) is 9.15 Å². The molecule has 6 nitrogen and oxygen atoms in total. The van der Waals surface area contributed by atoms with Crippen LogP contribution < -0.4 is 10.1 Å². The number of carbonyl (C=O) groups excluding carboxylic acids is 1. The molecule has 136 valence electrons. The van der Waals surface area contributed by atoms with Gasteiger partial charge in [-0.05, 0) is 37.4 Å². The van der Waals surface area contributed by atoms with Gasteiger partial charge in [-0.2, -0.15) is 0 Å². The first-order chi connectivity index (χ1) is 12.7. The van der Waals surface area contributed by atoms with Gasteiger partial charge < -0.3 is 14.5 Å². The van der Waals surface area contributed by atoms with Gasteiger partial charge in [0.15, 0.2) is 0 Å². The van der Waals surface area contributed by atoms with Gasteiger partial charge in [-0.15, -0.1) is 21.5 Å². The molecule has 0 saturated carbocycles. The van der Waals surface area contributed by atoms with Crippen molar-refractivity contribution in [2.45, 2.75) is 30.9 Å². The SMILES string of the molecule is CCOc1ccccc1-c1nnc(SC(C)C(=O)NCc2cccs2)o1. The smallest absolute Gasteiger partial charge is 0.277 e. The average Bonchev–Trinajstić information content (AvgIpc) is 3.32. The van der Waals surface area contributed by atoms with Crippen molar-refractivity contribution in [1.29, 1.82) is 0 Å². The zero-order chi connectivity index (χ0) is 18.4. The number of amides is 1. The van der Waals surface area contributed by atoms with Crippen LogP contribution in [0, 0.1) is 0 Å². The Labute approximate surface area is 160 Å². The van der Waals surface area contributed by atoms with Gasteiger partial charge >= 0.3 is 0 Å². The Hall–Kier alpha value is -2.32. The molecule has 0 saturated heterocycles. The van der Waals surface area contributed by atoms with Crippen LogP contribution in [0.3, 0.4) is 0 Å². The first-order valence-electron chi connectivity index (χ1n) is 8.19. The van der Waals surface area contributed by atoms with Crippen molar-refractivity contribution >= 4 is 29.0 Å². The fourth-order valence-electron chi connectivity index (χ4n) is 2.23. The molecule has 1 unspecified atom stereocenters. The topological polar surface area (TPSA) is 77.2 Å². The van der Waals surface area contributed by atoms with Crippen LogP contribution in [-0.4, -0.2) is 28.0 Å². The summed E-state index contributed by atoms with van der Waals surface area (Å²) in [7, 11) is 0. The first kappa shape index (κ1) is 18.5. The number of ether oxygens (including phenoxy) is 1. The predicted octanol–water partition coefficient (Wildman–Crippen LogP) is 3.99. The molecule has 1 amide bonds. The van der Waals surface area contributed by atoms with Crippen LogP contribution in [-0.2, 0) is 11.3 Å². The molecule has 3 rings (SSSR count). The number of thioether (sulfide) groups is 1. The zero-order valence-corrected chi connectivity index (χ0v) is 16.1. The lowest BCUT2D eigenvalue weighted by Gasteiger charge is -2.09. The minimum Gasteiger partial charge on any atom is -0.493 e. The second-order valence-corrected chi connectivity index (χ2v) is 7.68. The molecule has 26 heavy (non-hydrogen) atoms. The number of nitrogens with zero attached hydrogens (tertiary/aromatic N) is 2. The highest BCUT2D eigenvalue weighted by Crippen LogP contribution is 2.31. The fraction of sp³-hybridized carbons (Fsp3) is 0.278. The van der Waals surface area contributed by atoms with E-state index in [0.717, 1.165) is 10.4 Å². The number of hydrogen-bond acceptors (Lipinski definition) is 7. The van der Waals surface area contributed by atoms with E-state index < -0.39 is 0 Å². The normalized spacial score (nSPS) is 11.9. The van der Waals surface area contributed by atoms with Gasteiger partial charge in [0.2, 0.25) is 5.91 Å². The average molecular weight is 390 g/mol. The quantitative estimate of drug-likeness (QED) is 0.587. The van der Waals surface area contributed by atoms with Crippen molar-refractivity contribution in [1.82, 2.24) is 15.5 Å². The molecule has 0 aliphatic carbocycles. The summed E-state index contributed by atoms with van der Waals surface area (Å²) in [6.07, 6.45) is 0. The Morgan fingerprint density at radius 1 is 1.31 bits per heavy atom. The monoisotopic (exact) mass is 389 g/mol. The Morgan fingerprint density at radius 2 is 2.15 bits per heavy atom. The number of hydrogen-bond donors (Lipinski definition) is 1. The Morgan fingerprint density at radius 3 is 2.92 bits per heavy atom. The molecule has 1 aromatic carbocycles. The van der Waals surface area contributed by atoms with Crippen molar-refractivity contribution in [3.05, 3.63) is 46.7 Å². The third-order valence-electron chi connectivity index (χ3n) is 3.49. The van der Waals surface area contributed by atoms with Gasteiger partial charge in [0.25, 0.3) is 11.1 Å². The summed E-state index contributed by atoms with van der Waals surface area (Å²) in [6, 6.07) is 11.4. The van der Waals surface area contributed by atoms with Crippen molar-refractivity contribution in [3.8, 4) is 17.2 Å². The fourth-order valence-corrected chi connectivity index (χ4v) is 3.58. The number of para-hydroxylation sites is 1. The summed E-state index contributed by atoms with van der Waals surface area (Å²) in [5, 5.41) is 13.0. The molecule has 0 bridgehead atoms. The highest BCUT2D eigenvalue weighted by molar-refractivity contribution is 8.00. The predicted molar refractivity (Wildman–Crippen MR) is 102 cm³/mol. The number of nitrogens with one attached hydrogen (secondary N) is 1. The zero-order valence-electron chi connectivity index (χ0n) is 14.5. The Bertz CT molecular complexity index is 849. The Balaban J connectivity index is 1.62. The van der Waals surface area contributed by atoms with Crippen LogP contribution in [0.2, 0.25) is 0 Å². The summed E-state index contributed by atoms with van der Waals surface area (Å²) in [5.41, 5.74) is 0.739. The summed E-state index contributed by atoms with van der Waals surface area (Å²) in [5.74, 6) is 0.998. The van der Waals surface area contributed by atoms with E-state index in [1.807, 2.05) is 55.6 Å². The van der Waals surface area contributed by atoms with Crippen LogP contribution in [0.4, 0.5) is 0 Å². The number of carbonyl (C=O) groups is 1. The maximum absolute atomic E-state index is 12.2. The standard InChI is InChI=1S/C18H19N3O3S2/c1-3-23-15-9-5-4-8-14(15)17-20-21-18(24-17)26-12(2)16(22)19-11-13-7-6-10-25-13/h4-10,12H,3,11H2,1-2H3,(H,19,22). The van der Waals surface area contributed by atoms with Crippen molar-refractivity contribution < 1.29 is 13.9 Å². The molecular formula is C18H19N3O3S2. The summed E-state index contributed by atoms with van der Waals surface area (Å²) in [6.45, 7) is 4.81. The molecule has 0 radical (unpaired) electrons. The summed E-state index contributed by atoms with van der Waals surface area (Å²) in [4.78, 5) is 13.3. The van der Waals surface area contributed by atoms with Gasteiger partial charge in [-0.3, -0.25) is 4.79 Å². The van der Waals surface area contributed by atoms with Crippen LogP contribution in [0.5, 0.6) is 5.75 Å². The molecule has 8 heteroatoms. The maximum Gasteiger partial charge on any atom is 0.277 e. The third-order valence-corrected chi connectivity index (χ3v) is 5.30. The van der Waals surface area contributed by atoms with Crippen molar-refractivity contribution in [3.63, 3.8) is 0 Å². The van der Waals surface area contributed by atoms with Crippen LogP contribution in [0.15, 0.2) is 51.4 Å². The van der Waals surface area contributed by atoms with Gasteiger partial charge in [0.1, 0.15) is 5.75 Å². The number of aromatic nitrogens is 2. The molecular weight excluding hydrogens is 370 g/mol. The second-order valence-electron chi connectivity index (χ2n) is 5.36. The highest BCUT2D eigenvalue weighted by Gasteiger charge is 2.19. The van der Waals surface area contributed by atoms with E-state index in [0.29, 0.717) is 30.0 Å². The minimum atomic E-state index is -0.342. The van der Waals surface area contributed by atoms with Gasteiger partial charge in [-0.1, -0.05) is 30.0 Å². The molecule has 0 aliphatic rings. The number of rotatable bonds is 8. The molecule has 2 aromatic heterocycles. The van der Waals surface area contributed by atoms with E-state index in [2.05, 4.69) is 15.5 Å². The molecule has 0 aliphatic heterocycles. The van der Waals surface area contributed by atoms with E-state index in [1.54, 1.807) is 11.3 Å². The van der Waals surface area contributed by atoms with E-state index in [-0.39, 0.29) is 11.2 Å². The number of thiophene rings is 1. The van der Waals surface area contributed by atoms with Gasteiger partial charge in [-0.25, -0.2) is 0 Å². The van der Waals surface area contributed by atoms with E-state index in [9.17, 15) is 4.79 Å². The third kappa shape index (κ3) is 4.64. The van der Waals surface area contributed by atoms with E-state index in [1.165, 1.54) is 11.8 Å². The molecule has 2 heterocycles. The van der Waals surface area contributed by atoms with Crippen LogP contribution in [0.1, 0.15) is 18.7 Å². The van der Waals surface area contributed by atoms with Crippen molar-refractivity contribution in [2.75, 3.05) is 6.61 Å².